The first kappa shape index (κ1) is 20.8. The Hall–Kier alpha value is -1.46. The number of rotatable bonds is 5. The number of aliphatic hydroxyl groups excluding tert-OH is 1. The zero-order valence-electron chi connectivity index (χ0n) is 18.1. The summed E-state index contributed by atoms with van der Waals surface area (Å²) in [4.78, 5) is 0. The standard InChI is InChI=1S/C25H34O3Si/c1-24(2,3)29(20-11-7-5-8-12-20,21-13-9-6-10-14-21)28-17-19-15-16-25(4)22(19)18-27-23(25)26/h5-14,19,22-23,26H,15-18H2,1-4H3/t19-,22-,23?,25+/m0/s1. The quantitative estimate of drug-likeness (QED) is 0.759. The second kappa shape index (κ2) is 7.66. The number of ether oxygens (including phenoxy) is 1. The molecule has 2 aromatic rings. The molecule has 4 heteroatoms. The van der Waals surface area contributed by atoms with E-state index in [9.17, 15) is 5.11 Å². The van der Waals surface area contributed by atoms with Crippen molar-refractivity contribution in [3.8, 4) is 0 Å². The van der Waals surface area contributed by atoms with Gasteiger partial charge in [-0.25, -0.2) is 0 Å². The molecule has 1 N–H and O–H groups in total. The first-order valence-electron chi connectivity index (χ1n) is 10.8. The third kappa shape index (κ3) is 3.40. The summed E-state index contributed by atoms with van der Waals surface area (Å²) in [6, 6.07) is 21.6. The zero-order chi connectivity index (χ0) is 20.7. The molecule has 3 nitrogen and oxygen atoms in total. The minimum absolute atomic E-state index is 0.0106. The smallest absolute Gasteiger partial charge is 0.261 e. The molecule has 0 radical (unpaired) electrons. The highest BCUT2D eigenvalue weighted by atomic mass is 28.4. The van der Waals surface area contributed by atoms with Gasteiger partial charge in [0.15, 0.2) is 6.29 Å². The van der Waals surface area contributed by atoms with E-state index in [-0.39, 0.29) is 10.5 Å². The average Bonchev–Trinajstić information content (AvgIpc) is 3.19. The molecule has 4 atom stereocenters. The summed E-state index contributed by atoms with van der Waals surface area (Å²) >= 11 is 0. The van der Waals surface area contributed by atoms with E-state index in [0.29, 0.717) is 18.4 Å². The molecule has 0 bridgehead atoms. The van der Waals surface area contributed by atoms with Gasteiger partial charge in [-0.15, -0.1) is 0 Å². The Bertz CT molecular complexity index is 777. The van der Waals surface area contributed by atoms with E-state index in [1.165, 1.54) is 10.4 Å². The minimum Gasteiger partial charge on any atom is -0.407 e. The third-order valence-electron chi connectivity index (χ3n) is 7.40. The summed E-state index contributed by atoms with van der Waals surface area (Å²) in [7, 11) is -2.51. The summed E-state index contributed by atoms with van der Waals surface area (Å²) < 4.78 is 12.8. The van der Waals surface area contributed by atoms with Crippen LogP contribution in [-0.2, 0) is 9.16 Å². The van der Waals surface area contributed by atoms with Crippen LogP contribution in [0.2, 0.25) is 5.04 Å². The van der Waals surface area contributed by atoms with Crippen LogP contribution in [0.4, 0.5) is 0 Å². The van der Waals surface area contributed by atoms with Crippen molar-refractivity contribution in [1.29, 1.82) is 0 Å². The van der Waals surface area contributed by atoms with Crippen molar-refractivity contribution in [1.82, 2.24) is 0 Å². The number of benzene rings is 2. The molecule has 4 rings (SSSR count). The fourth-order valence-electron chi connectivity index (χ4n) is 5.63. The predicted octanol–water partition coefficient (Wildman–Crippen LogP) is 3.94. The van der Waals surface area contributed by atoms with Crippen molar-refractivity contribution in [2.24, 2.45) is 17.3 Å². The number of hydrogen-bond acceptors (Lipinski definition) is 3. The second-order valence-corrected chi connectivity index (χ2v) is 14.4. The molecule has 2 fully saturated rings. The molecule has 1 aliphatic carbocycles. The van der Waals surface area contributed by atoms with Gasteiger partial charge < -0.3 is 14.3 Å². The Labute approximate surface area is 176 Å². The normalized spacial score (nSPS) is 29.8. The lowest BCUT2D eigenvalue weighted by molar-refractivity contribution is -0.113. The summed E-state index contributed by atoms with van der Waals surface area (Å²) in [5.41, 5.74) is -0.126. The third-order valence-corrected chi connectivity index (χ3v) is 12.4. The zero-order valence-corrected chi connectivity index (χ0v) is 19.1. The van der Waals surface area contributed by atoms with E-state index >= 15 is 0 Å². The van der Waals surface area contributed by atoms with Gasteiger partial charge in [0.05, 0.1) is 6.61 Å². The van der Waals surface area contributed by atoms with Gasteiger partial charge in [-0.2, -0.15) is 0 Å². The van der Waals surface area contributed by atoms with Crippen LogP contribution in [0.5, 0.6) is 0 Å². The molecule has 0 aromatic heterocycles. The van der Waals surface area contributed by atoms with Gasteiger partial charge in [-0.3, -0.25) is 0 Å². The van der Waals surface area contributed by atoms with Crippen LogP contribution in [0.3, 0.4) is 0 Å². The summed E-state index contributed by atoms with van der Waals surface area (Å²) in [6.07, 6.45) is 1.47. The molecular weight excluding hydrogens is 376 g/mol. The molecule has 1 heterocycles. The molecule has 2 aromatic carbocycles. The highest BCUT2D eigenvalue weighted by Crippen LogP contribution is 2.53. The van der Waals surface area contributed by atoms with E-state index in [0.717, 1.165) is 19.4 Å². The van der Waals surface area contributed by atoms with Crippen molar-refractivity contribution in [2.45, 2.75) is 51.9 Å². The molecule has 1 aliphatic heterocycles. The van der Waals surface area contributed by atoms with E-state index in [1.807, 2.05) is 0 Å². The minimum atomic E-state index is -2.51. The first-order chi connectivity index (χ1) is 13.8. The number of fused-ring (bicyclic) bond motifs is 1. The second-order valence-electron chi connectivity index (χ2n) is 10.1. The lowest BCUT2D eigenvalue weighted by atomic mass is 9.79. The van der Waals surface area contributed by atoms with Crippen molar-refractivity contribution in [3.05, 3.63) is 60.7 Å². The van der Waals surface area contributed by atoms with Crippen LogP contribution in [0, 0.1) is 17.3 Å². The van der Waals surface area contributed by atoms with Gasteiger partial charge >= 0.3 is 0 Å². The average molecular weight is 411 g/mol. The molecule has 156 valence electrons. The van der Waals surface area contributed by atoms with Gasteiger partial charge in [-0.05, 0) is 40.1 Å². The molecule has 2 aliphatic rings. The van der Waals surface area contributed by atoms with Gasteiger partial charge in [0, 0.05) is 12.0 Å². The molecule has 1 unspecified atom stereocenters. The van der Waals surface area contributed by atoms with E-state index in [4.69, 9.17) is 9.16 Å². The van der Waals surface area contributed by atoms with Crippen LogP contribution in [0.15, 0.2) is 60.7 Å². The SMILES string of the molecule is CC(C)(C)[Si](OC[C@@H]1CC[C@@]2(C)C(O)OC[C@@H]12)(c1ccccc1)c1ccccc1. The van der Waals surface area contributed by atoms with Crippen molar-refractivity contribution >= 4 is 18.7 Å². The van der Waals surface area contributed by atoms with Crippen LogP contribution in [0.25, 0.3) is 0 Å². The maximum absolute atomic E-state index is 10.3. The van der Waals surface area contributed by atoms with E-state index in [1.54, 1.807) is 0 Å². The topological polar surface area (TPSA) is 38.7 Å². The summed E-state index contributed by atoms with van der Waals surface area (Å²) in [6.45, 7) is 10.5. The maximum atomic E-state index is 10.3. The van der Waals surface area contributed by atoms with Crippen LogP contribution < -0.4 is 10.4 Å². The van der Waals surface area contributed by atoms with Gasteiger partial charge in [0.2, 0.25) is 0 Å². The Morgan fingerprint density at radius 3 is 2.10 bits per heavy atom. The molecular formula is C25H34O3Si. The van der Waals surface area contributed by atoms with Gasteiger partial charge in [0.1, 0.15) is 0 Å². The molecule has 0 amide bonds. The Morgan fingerprint density at radius 2 is 1.59 bits per heavy atom. The first-order valence-corrected chi connectivity index (χ1v) is 12.7. The summed E-state index contributed by atoms with van der Waals surface area (Å²) in [5, 5.41) is 13.0. The van der Waals surface area contributed by atoms with E-state index in [2.05, 4.69) is 88.4 Å². The number of hydrogen-bond donors (Lipinski definition) is 1. The van der Waals surface area contributed by atoms with Crippen LogP contribution >= 0.6 is 0 Å². The van der Waals surface area contributed by atoms with Crippen molar-refractivity contribution in [2.75, 3.05) is 13.2 Å². The molecule has 0 spiro atoms. The van der Waals surface area contributed by atoms with Crippen LogP contribution in [0.1, 0.15) is 40.5 Å². The lowest BCUT2D eigenvalue weighted by Crippen LogP contribution is -2.67. The lowest BCUT2D eigenvalue weighted by Gasteiger charge is -2.44. The highest BCUT2D eigenvalue weighted by molar-refractivity contribution is 6.99. The summed E-state index contributed by atoms with van der Waals surface area (Å²) in [5.74, 6) is 0.800. The van der Waals surface area contributed by atoms with Gasteiger partial charge in [-0.1, -0.05) is 88.4 Å². The fraction of sp³-hybridized carbons (Fsp3) is 0.520. The van der Waals surface area contributed by atoms with Gasteiger partial charge in [0.25, 0.3) is 8.32 Å². The molecule has 29 heavy (non-hydrogen) atoms. The van der Waals surface area contributed by atoms with Crippen molar-refractivity contribution in [3.63, 3.8) is 0 Å². The largest absolute Gasteiger partial charge is 0.407 e. The fourth-order valence-corrected chi connectivity index (χ4v) is 10.3. The van der Waals surface area contributed by atoms with Crippen molar-refractivity contribution < 1.29 is 14.3 Å². The monoisotopic (exact) mass is 410 g/mol. The Balaban J connectivity index is 1.70. The Morgan fingerprint density at radius 1 is 1.03 bits per heavy atom. The van der Waals surface area contributed by atoms with E-state index < -0.39 is 14.6 Å². The maximum Gasteiger partial charge on any atom is 0.261 e. The van der Waals surface area contributed by atoms with Crippen LogP contribution in [-0.4, -0.2) is 32.9 Å². The molecule has 1 saturated heterocycles. The predicted molar refractivity (Wildman–Crippen MR) is 120 cm³/mol. The Kier molecular flexibility index (Phi) is 5.49. The molecule has 1 saturated carbocycles. The highest BCUT2D eigenvalue weighted by Gasteiger charge is 2.56. The number of aliphatic hydroxyl groups is 1.